The standard InChI is InChI=1S/C13H14N2OS/c1-9(16)14-13(11-6-4-3-5-7-11)12-8-17-10(2)15-12/h3-8,13H,1-2H3,(H,14,16). The molecule has 0 spiro atoms. The summed E-state index contributed by atoms with van der Waals surface area (Å²) >= 11 is 1.59. The van der Waals surface area contributed by atoms with Crippen LogP contribution in [0.4, 0.5) is 0 Å². The van der Waals surface area contributed by atoms with Gasteiger partial charge in [0.25, 0.3) is 0 Å². The average molecular weight is 246 g/mol. The van der Waals surface area contributed by atoms with E-state index in [0.29, 0.717) is 0 Å². The summed E-state index contributed by atoms with van der Waals surface area (Å²) in [5, 5.41) is 5.93. The largest absolute Gasteiger partial charge is 0.344 e. The predicted octanol–water partition coefficient (Wildman–Crippen LogP) is 2.68. The summed E-state index contributed by atoms with van der Waals surface area (Å²) in [4.78, 5) is 15.7. The van der Waals surface area contributed by atoms with Crippen molar-refractivity contribution in [2.45, 2.75) is 19.9 Å². The molecule has 3 nitrogen and oxygen atoms in total. The van der Waals surface area contributed by atoms with E-state index in [9.17, 15) is 4.79 Å². The SMILES string of the molecule is CC(=O)NC(c1ccccc1)c1csc(C)n1. The highest BCUT2D eigenvalue weighted by atomic mass is 32.1. The van der Waals surface area contributed by atoms with Crippen LogP contribution in [-0.4, -0.2) is 10.9 Å². The van der Waals surface area contributed by atoms with Crippen molar-refractivity contribution in [1.29, 1.82) is 0 Å². The molecule has 1 unspecified atom stereocenters. The Bertz CT molecular complexity index is 507. The number of rotatable bonds is 3. The molecule has 1 amide bonds. The fraction of sp³-hybridized carbons (Fsp3) is 0.231. The Balaban J connectivity index is 2.35. The maximum atomic E-state index is 11.3. The van der Waals surface area contributed by atoms with Gasteiger partial charge in [-0.05, 0) is 12.5 Å². The number of hydrogen-bond acceptors (Lipinski definition) is 3. The molecule has 1 aromatic carbocycles. The van der Waals surface area contributed by atoms with Crippen molar-refractivity contribution in [1.82, 2.24) is 10.3 Å². The fourth-order valence-corrected chi connectivity index (χ4v) is 2.33. The van der Waals surface area contributed by atoms with E-state index in [1.807, 2.05) is 42.6 Å². The first kappa shape index (κ1) is 11.8. The quantitative estimate of drug-likeness (QED) is 0.904. The highest BCUT2D eigenvalue weighted by molar-refractivity contribution is 7.09. The number of thiazole rings is 1. The van der Waals surface area contributed by atoms with E-state index in [4.69, 9.17) is 0 Å². The van der Waals surface area contributed by atoms with Crippen molar-refractivity contribution in [3.63, 3.8) is 0 Å². The van der Waals surface area contributed by atoms with Gasteiger partial charge < -0.3 is 5.32 Å². The van der Waals surface area contributed by atoms with Gasteiger partial charge in [-0.1, -0.05) is 30.3 Å². The lowest BCUT2D eigenvalue weighted by Gasteiger charge is -2.16. The Morgan fingerprint density at radius 3 is 2.59 bits per heavy atom. The van der Waals surface area contributed by atoms with Gasteiger partial charge in [0.1, 0.15) is 0 Å². The molecule has 0 saturated carbocycles. The van der Waals surface area contributed by atoms with Crippen LogP contribution in [0.2, 0.25) is 0 Å². The number of amides is 1. The molecular weight excluding hydrogens is 232 g/mol. The van der Waals surface area contributed by atoms with Crippen molar-refractivity contribution >= 4 is 17.2 Å². The summed E-state index contributed by atoms with van der Waals surface area (Å²) in [6, 6.07) is 9.72. The molecule has 17 heavy (non-hydrogen) atoms. The number of hydrogen-bond donors (Lipinski definition) is 1. The maximum absolute atomic E-state index is 11.3. The minimum Gasteiger partial charge on any atom is -0.344 e. The zero-order valence-corrected chi connectivity index (χ0v) is 10.6. The van der Waals surface area contributed by atoms with E-state index in [1.54, 1.807) is 11.3 Å². The third-order valence-corrected chi connectivity index (χ3v) is 3.20. The fourth-order valence-electron chi connectivity index (χ4n) is 1.69. The van der Waals surface area contributed by atoms with E-state index < -0.39 is 0 Å². The van der Waals surface area contributed by atoms with Gasteiger partial charge in [0.05, 0.1) is 16.7 Å². The first-order valence-corrected chi connectivity index (χ1v) is 6.29. The maximum Gasteiger partial charge on any atom is 0.217 e. The molecule has 0 aliphatic rings. The molecule has 0 aliphatic carbocycles. The van der Waals surface area contributed by atoms with Crippen LogP contribution in [0.1, 0.15) is 29.2 Å². The molecule has 2 aromatic rings. The lowest BCUT2D eigenvalue weighted by Crippen LogP contribution is -2.27. The van der Waals surface area contributed by atoms with E-state index >= 15 is 0 Å². The first-order chi connectivity index (χ1) is 8.16. The summed E-state index contributed by atoms with van der Waals surface area (Å²) in [6.45, 7) is 3.49. The average Bonchev–Trinajstić information content (AvgIpc) is 2.73. The van der Waals surface area contributed by atoms with Crippen molar-refractivity contribution in [2.75, 3.05) is 0 Å². The second-order valence-electron chi connectivity index (χ2n) is 3.84. The van der Waals surface area contributed by atoms with Gasteiger partial charge in [0.2, 0.25) is 5.91 Å². The second-order valence-corrected chi connectivity index (χ2v) is 4.90. The highest BCUT2D eigenvalue weighted by Gasteiger charge is 2.17. The van der Waals surface area contributed by atoms with Gasteiger partial charge in [0, 0.05) is 12.3 Å². The Morgan fingerprint density at radius 1 is 1.35 bits per heavy atom. The molecule has 4 heteroatoms. The summed E-state index contributed by atoms with van der Waals surface area (Å²) in [5.41, 5.74) is 1.95. The third kappa shape index (κ3) is 2.91. The molecule has 0 fully saturated rings. The zero-order chi connectivity index (χ0) is 12.3. The molecule has 1 N–H and O–H groups in total. The second kappa shape index (κ2) is 5.10. The minimum absolute atomic E-state index is 0.0514. The Morgan fingerprint density at radius 2 is 2.06 bits per heavy atom. The number of aryl methyl sites for hydroxylation is 1. The summed E-state index contributed by atoms with van der Waals surface area (Å²) in [5.74, 6) is -0.0514. The monoisotopic (exact) mass is 246 g/mol. The molecule has 0 bridgehead atoms. The van der Waals surface area contributed by atoms with E-state index in [-0.39, 0.29) is 11.9 Å². The van der Waals surface area contributed by atoms with Gasteiger partial charge >= 0.3 is 0 Å². The normalized spacial score (nSPS) is 12.1. The molecule has 2 rings (SSSR count). The molecule has 88 valence electrons. The van der Waals surface area contributed by atoms with Crippen LogP contribution < -0.4 is 5.32 Å². The molecule has 1 heterocycles. The van der Waals surface area contributed by atoms with E-state index in [1.165, 1.54) is 6.92 Å². The van der Waals surface area contributed by atoms with Gasteiger partial charge in [-0.2, -0.15) is 0 Å². The van der Waals surface area contributed by atoms with Crippen molar-refractivity contribution in [3.8, 4) is 0 Å². The van der Waals surface area contributed by atoms with E-state index in [0.717, 1.165) is 16.3 Å². The number of carbonyl (C=O) groups is 1. The molecule has 1 aromatic heterocycles. The Kier molecular flexibility index (Phi) is 3.54. The number of benzene rings is 1. The van der Waals surface area contributed by atoms with Crippen molar-refractivity contribution < 1.29 is 4.79 Å². The van der Waals surface area contributed by atoms with Crippen LogP contribution in [0.3, 0.4) is 0 Å². The third-order valence-electron chi connectivity index (χ3n) is 2.41. The van der Waals surface area contributed by atoms with Gasteiger partial charge in [-0.15, -0.1) is 11.3 Å². The van der Waals surface area contributed by atoms with Crippen LogP contribution in [-0.2, 0) is 4.79 Å². The molecule has 0 saturated heterocycles. The highest BCUT2D eigenvalue weighted by Crippen LogP contribution is 2.23. The predicted molar refractivity (Wildman–Crippen MR) is 69.0 cm³/mol. The smallest absolute Gasteiger partial charge is 0.217 e. The molecule has 1 atom stereocenters. The van der Waals surface area contributed by atoms with Crippen LogP contribution in [0.15, 0.2) is 35.7 Å². The molecule has 0 radical (unpaired) electrons. The number of aromatic nitrogens is 1. The van der Waals surface area contributed by atoms with Crippen LogP contribution in [0, 0.1) is 6.92 Å². The molecular formula is C13H14N2OS. The number of nitrogens with one attached hydrogen (secondary N) is 1. The van der Waals surface area contributed by atoms with Crippen LogP contribution in [0.5, 0.6) is 0 Å². The lowest BCUT2D eigenvalue weighted by atomic mass is 10.0. The molecule has 0 aliphatic heterocycles. The minimum atomic E-state index is -0.154. The van der Waals surface area contributed by atoms with Gasteiger partial charge in [0.15, 0.2) is 0 Å². The van der Waals surface area contributed by atoms with Crippen LogP contribution in [0.25, 0.3) is 0 Å². The zero-order valence-electron chi connectivity index (χ0n) is 9.81. The van der Waals surface area contributed by atoms with Crippen molar-refractivity contribution in [3.05, 3.63) is 52.0 Å². The Hall–Kier alpha value is -1.68. The number of carbonyl (C=O) groups excluding carboxylic acids is 1. The first-order valence-electron chi connectivity index (χ1n) is 5.41. The van der Waals surface area contributed by atoms with Gasteiger partial charge in [-0.3, -0.25) is 4.79 Å². The lowest BCUT2D eigenvalue weighted by molar-refractivity contribution is -0.119. The summed E-state index contributed by atoms with van der Waals surface area (Å²) in [6.07, 6.45) is 0. The Labute approximate surface area is 105 Å². The summed E-state index contributed by atoms with van der Waals surface area (Å²) < 4.78 is 0. The van der Waals surface area contributed by atoms with Crippen molar-refractivity contribution in [2.24, 2.45) is 0 Å². The topological polar surface area (TPSA) is 42.0 Å². The van der Waals surface area contributed by atoms with Gasteiger partial charge in [-0.25, -0.2) is 4.98 Å². The summed E-state index contributed by atoms with van der Waals surface area (Å²) in [7, 11) is 0. The number of nitrogens with zero attached hydrogens (tertiary/aromatic N) is 1. The van der Waals surface area contributed by atoms with Crippen LogP contribution >= 0.6 is 11.3 Å². The van der Waals surface area contributed by atoms with E-state index in [2.05, 4.69) is 10.3 Å².